The van der Waals surface area contributed by atoms with Gasteiger partial charge in [0.2, 0.25) is 0 Å². The second-order valence-corrected chi connectivity index (χ2v) is 22.4. The number of aryl methyl sites for hydroxylation is 4. The molecule has 2 aromatic rings. The van der Waals surface area contributed by atoms with Crippen molar-refractivity contribution in [3.8, 4) is 11.5 Å². The minimum absolute atomic E-state index is 0.101. The molecule has 0 bridgehead atoms. The number of hydrogen-bond donors (Lipinski definition) is 0. The molecule has 2 aliphatic heterocycles. The van der Waals surface area contributed by atoms with Crippen LogP contribution in [0.15, 0.2) is 24.3 Å². The molecule has 0 unspecified atom stereocenters. The van der Waals surface area contributed by atoms with E-state index >= 15 is 0 Å². The van der Waals surface area contributed by atoms with E-state index < -0.39 is 99.2 Å². The Kier molecular flexibility index (Phi) is 20.5. The molecule has 2 fully saturated rings. The van der Waals surface area contributed by atoms with Crippen molar-refractivity contribution in [1.29, 1.82) is 0 Å². The first-order valence-corrected chi connectivity index (χ1v) is 23.9. The van der Waals surface area contributed by atoms with E-state index in [2.05, 4.69) is 23.3 Å². The summed E-state index contributed by atoms with van der Waals surface area (Å²) in [6.45, 7) is 24.4. The Morgan fingerprint density at radius 3 is 1.07 bits per heavy atom. The molecule has 4 rings (SSSR count). The predicted octanol–water partition coefficient (Wildman–Crippen LogP) is 12.0. The van der Waals surface area contributed by atoms with E-state index in [-0.39, 0.29) is 87.6 Å². The van der Waals surface area contributed by atoms with Crippen LogP contribution in [-0.2, 0) is 71.3 Å². The normalized spacial score (nSPS) is 19.3. The zero-order chi connectivity index (χ0) is 56.8. The van der Waals surface area contributed by atoms with Gasteiger partial charge in [-0.3, -0.25) is 9.59 Å². The van der Waals surface area contributed by atoms with Crippen LogP contribution in [0.1, 0.15) is 136 Å². The fourth-order valence-corrected chi connectivity index (χ4v) is 7.48. The van der Waals surface area contributed by atoms with E-state index in [1.54, 1.807) is 69.2 Å². The van der Waals surface area contributed by atoms with E-state index in [4.69, 9.17) is 28.4 Å². The monoisotopic (exact) mass is 1080 g/mol. The van der Waals surface area contributed by atoms with Gasteiger partial charge in [0.05, 0.1) is 31.8 Å². The lowest BCUT2D eigenvalue weighted by atomic mass is 9.83. The van der Waals surface area contributed by atoms with Crippen LogP contribution in [0.25, 0.3) is 0 Å². The van der Waals surface area contributed by atoms with Crippen molar-refractivity contribution in [2.45, 2.75) is 177 Å². The first kappa shape index (κ1) is 63.8. The van der Waals surface area contributed by atoms with Crippen LogP contribution in [-0.4, -0.2) is 100 Å². The maximum atomic E-state index is 13.7. The van der Waals surface area contributed by atoms with E-state index in [9.17, 15) is 63.1 Å². The van der Waals surface area contributed by atoms with Crippen LogP contribution in [0.4, 0.5) is 43.9 Å². The fraction of sp³-hybridized carbons (Fsp3) is 0.692. The highest BCUT2D eigenvalue weighted by atomic mass is 19.4. The third-order valence-electron chi connectivity index (χ3n) is 11.8. The summed E-state index contributed by atoms with van der Waals surface area (Å²) >= 11 is 0. The number of esters is 4. The Morgan fingerprint density at radius 1 is 0.527 bits per heavy atom. The Bertz CT molecular complexity index is 2120. The Hall–Kier alpha value is -4.54. The van der Waals surface area contributed by atoms with E-state index in [0.29, 0.717) is 11.1 Å². The molecule has 0 radical (unpaired) electrons. The quantitative estimate of drug-likeness (QED) is 0.0897. The van der Waals surface area contributed by atoms with Gasteiger partial charge >= 0.3 is 48.1 Å². The smallest absolute Gasteiger partial charge is 0.465 e. The largest absolute Gasteiger partial charge is 0.465 e. The number of hydrogen-bond acceptors (Lipinski definition) is 12. The molecule has 0 amide bonds. The molecular formula is C52H70F10O12. The summed E-state index contributed by atoms with van der Waals surface area (Å²) in [5.41, 5.74) is -2.47. The van der Waals surface area contributed by atoms with Gasteiger partial charge in [0.15, 0.2) is 12.6 Å². The van der Waals surface area contributed by atoms with Crippen molar-refractivity contribution in [3.05, 3.63) is 57.6 Å². The van der Waals surface area contributed by atoms with Gasteiger partial charge in [-0.05, 0) is 59.8 Å². The number of carbonyl (C=O) groups excluding carboxylic acids is 4. The summed E-state index contributed by atoms with van der Waals surface area (Å²) < 4.78 is 177. The number of carbonyl (C=O) groups is 4. The van der Waals surface area contributed by atoms with Crippen LogP contribution in [0.3, 0.4) is 0 Å². The minimum Gasteiger partial charge on any atom is -0.465 e. The summed E-state index contributed by atoms with van der Waals surface area (Å²) in [6, 6.07) is 5.81. The van der Waals surface area contributed by atoms with Gasteiger partial charge in [-0.1, -0.05) is 114 Å². The van der Waals surface area contributed by atoms with Crippen molar-refractivity contribution >= 4 is 23.9 Å². The molecule has 22 heteroatoms. The molecule has 1 spiro atoms. The van der Waals surface area contributed by atoms with Crippen LogP contribution in [0, 0.1) is 30.1 Å². The first-order valence-electron chi connectivity index (χ1n) is 23.9. The number of halogens is 10. The van der Waals surface area contributed by atoms with Gasteiger partial charge in [-0.2, -0.15) is 43.9 Å². The second-order valence-electron chi connectivity index (χ2n) is 22.4. The molecule has 2 heterocycles. The molecule has 0 saturated carbocycles. The van der Waals surface area contributed by atoms with Gasteiger partial charge in [0.25, 0.3) is 0 Å². The maximum absolute atomic E-state index is 13.7. The summed E-state index contributed by atoms with van der Waals surface area (Å²) in [5.74, 6) is -19.0. The third-order valence-corrected chi connectivity index (χ3v) is 11.8. The summed E-state index contributed by atoms with van der Waals surface area (Å²) in [5, 5.41) is 0. The Labute approximate surface area is 425 Å². The first-order chi connectivity index (χ1) is 33.5. The van der Waals surface area contributed by atoms with Crippen LogP contribution in [0.2, 0.25) is 0 Å². The predicted molar refractivity (Wildman–Crippen MR) is 249 cm³/mol. The van der Waals surface area contributed by atoms with E-state index in [1.807, 2.05) is 0 Å². The van der Waals surface area contributed by atoms with E-state index in [1.165, 1.54) is 44.5 Å². The number of benzene rings is 2. The molecule has 0 aromatic heterocycles. The number of rotatable bonds is 16. The third kappa shape index (κ3) is 16.2. The SMILES string of the molecule is CCC.Cc1cc(CCC(=O)OCC(C)(C)C2OCC3(CO2)COC(C(C)(C)COC(=O)CCc2cc(C)c(OC(=O)C(F)(F)C(F)(F)F)c(C(C)(C)C)c2)OC3)cc(C(C)(C)C)c1OC(=O)C(F)(F)C(F)(F)F. The number of ether oxygens (including phenoxy) is 8. The molecule has 74 heavy (non-hydrogen) atoms. The molecule has 0 aliphatic carbocycles. The molecule has 2 saturated heterocycles. The zero-order valence-electron chi connectivity index (χ0n) is 44.4. The molecule has 0 N–H and O–H groups in total. The van der Waals surface area contributed by atoms with Crippen LogP contribution in [0.5, 0.6) is 11.5 Å². The molecule has 2 aliphatic rings. The molecular weight excluding hydrogens is 1010 g/mol. The minimum atomic E-state index is -6.15. The van der Waals surface area contributed by atoms with Crippen LogP contribution >= 0.6 is 0 Å². The summed E-state index contributed by atoms with van der Waals surface area (Å²) in [4.78, 5) is 49.7. The lowest BCUT2D eigenvalue weighted by Crippen LogP contribution is -2.57. The average molecular weight is 1080 g/mol. The van der Waals surface area contributed by atoms with Gasteiger partial charge in [-0.15, -0.1) is 0 Å². The lowest BCUT2D eigenvalue weighted by molar-refractivity contribution is -0.337. The van der Waals surface area contributed by atoms with Gasteiger partial charge < -0.3 is 37.9 Å². The lowest BCUT2D eigenvalue weighted by Gasteiger charge is -2.48. The van der Waals surface area contributed by atoms with Gasteiger partial charge in [0.1, 0.15) is 24.7 Å². The standard InChI is InChI=1S/C49H62F10O12.C3H8/c1-27-17-29(19-31(41(3,4)5)35(27)70-37(62)46(50,51)48(54,55)56)13-15-33(60)64-21-43(9,10)39-66-23-45(24-67-39)25-68-40(69-26-45)44(11,12)22-65-34(61)16-14-30-18-28(2)36(32(20-30)42(6,7)8)71-38(63)47(52,53)49(57,58)59;1-3-2/h17-20,39-40H,13-16,21-26H2,1-12H3;3H2,1-2H3. The Balaban J connectivity index is 0.00000469. The Morgan fingerprint density at radius 2 is 0.811 bits per heavy atom. The molecule has 420 valence electrons. The van der Waals surface area contributed by atoms with Gasteiger partial charge in [-0.25, -0.2) is 9.59 Å². The van der Waals surface area contributed by atoms with Crippen molar-refractivity contribution in [3.63, 3.8) is 0 Å². The van der Waals surface area contributed by atoms with Crippen molar-refractivity contribution in [2.24, 2.45) is 16.2 Å². The summed E-state index contributed by atoms with van der Waals surface area (Å²) in [7, 11) is 0. The van der Waals surface area contributed by atoms with Crippen LogP contribution < -0.4 is 9.47 Å². The zero-order valence-corrected chi connectivity index (χ0v) is 44.4. The van der Waals surface area contributed by atoms with Gasteiger partial charge in [0, 0.05) is 34.8 Å². The number of alkyl halides is 10. The fourth-order valence-electron chi connectivity index (χ4n) is 7.48. The second kappa shape index (κ2) is 23.8. The highest BCUT2D eigenvalue weighted by Gasteiger charge is 2.66. The summed E-state index contributed by atoms with van der Waals surface area (Å²) in [6.07, 6.45) is -12.7. The molecule has 2 aromatic carbocycles. The average Bonchev–Trinajstić information content (AvgIpc) is 3.26. The molecule has 12 nitrogen and oxygen atoms in total. The molecule has 0 atom stereocenters. The highest BCUT2D eigenvalue weighted by molar-refractivity contribution is 5.82. The van der Waals surface area contributed by atoms with Crippen molar-refractivity contribution in [2.75, 3.05) is 39.6 Å². The van der Waals surface area contributed by atoms with E-state index in [0.717, 1.165) is 0 Å². The van der Waals surface area contributed by atoms with Crippen molar-refractivity contribution in [1.82, 2.24) is 0 Å². The highest BCUT2D eigenvalue weighted by Crippen LogP contribution is 2.43. The maximum Gasteiger partial charge on any atom is 0.465 e. The van der Waals surface area contributed by atoms with Crippen molar-refractivity contribution < 1.29 is 101 Å². The topological polar surface area (TPSA) is 142 Å².